The summed E-state index contributed by atoms with van der Waals surface area (Å²) >= 11 is 0. The molecule has 0 atom stereocenters. The van der Waals surface area contributed by atoms with E-state index in [0.717, 1.165) is 0 Å². The number of rotatable bonds is 2. The van der Waals surface area contributed by atoms with Crippen LogP contribution in [0.3, 0.4) is 0 Å². The summed E-state index contributed by atoms with van der Waals surface area (Å²) in [6.45, 7) is 0. The fourth-order valence-electron chi connectivity index (χ4n) is 0.952. The molecule has 0 aliphatic rings. The summed E-state index contributed by atoms with van der Waals surface area (Å²) in [7, 11) is 0. The van der Waals surface area contributed by atoms with Crippen LogP contribution < -0.4 is 0 Å². The Kier molecular flexibility index (Phi) is 1.90. The van der Waals surface area contributed by atoms with Gasteiger partial charge in [0.25, 0.3) is 0 Å². The van der Waals surface area contributed by atoms with Crippen molar-refractivity contribution in [1.82, 2.24) is 19.7 Å². The van der Waals surface area contributed by atoms with Gasteiger partial charge in [0.1, 0.15) is 5.69 Å². The van der Waals surface area contributed by atoms with E-state index in [1.807, 2.05) is 0 Å². The Morgan fingerprint density at radius 1 is 1.50 bits per heavy atom. The van der Waals surface area contributed by atoms with Gasteiger partial charge in [-0.2, -0.15) is 0 Å². The highest BCUT2D eigenvalue weighted by Gasteiger charge is 2.13. The fraction of sp³-hybridized carbons (Fsp3) is 0. The van der Waals surface area contributed by atoms with Gasteiger partial charge in [0.05, 0.1) is 6.20 Å². The third-order valence-electron chi connectivity index (χ3n) is 1.55. The average Bonchev–Trinajstić information content (AvgIpc) is 2.68. The van der Waals surface area contributed by atoms with Crippen LogP contribution in [0.2, 0.25) is 0 Å². The third-order valence-corrected chi connectivity index (χ3v) is 1.55. The maximum atomic E-state index is 10.3. The molecule has 0 aromatic carbocycles. The number of aromatic nitrogens is 4. The minimum absolute atomic E-state index is 0.422. The summed E-state index contributed by atoms with van der Waals surface area (Å²) < 4.78 is 1.30. The molecule has 0 aliphatic carbocycles. The molecule has 2 aromatic heterocycles. The molecule has 0 radical (unpaired) electrons. The summed E-state index contributed by atoms with van der Waals surface area (Å²) in [6, 6.07) is 3.44. The Labute approximate surface area is 78.2 Å². The number of hydrogen-bond acceptors (Lipinski definition) is 5. The first-order valence-corrected chi connectivity index (χ1v) is 3.74. The van der Waals surface area contributed by atoms with Gasteiger partial charge in [-0.15, -0.1) is 4.68 Å². The standard InChI is InChI=1S/C7H5N5O2/c13-12(14)7-9-5-11(10-7)6-2-1-3-8-4-6/h1-5H. The van der Waals surface area contributed by atoms with E-state index < -0.39 is 10.9 Å². The van der Waals surface area contributed by atoms with Crippen LogP contribution in [0.25, 0.3) is 5.69 Å². The third kappa shape index (κ3) is 1.42. The Hall–Kier alpha value is -2.31. The van der Waals surface area contributed by atoms with Gasteiger partial charge in [0.15, 0.2) is 0 Å². The molecular formula is C7H5N5O2. The van der Waals surface area contributed by atoms with Gasteiger partial charge < -0.3 is 10.1 Å². The first-order valence-electron chi connectivity index (χ1n) is 3.74. The first kappa shape index (κ1) is 8.30. The van der Waals surface area contributed by atoms with E-state index in [2.05, 4.69) is 15.1 Å². The number of hydrogen-bond donors (Lipinski definition) is 0. The van der Waals surface area contributed by atoms with Gasteiger partial charge in [-0.05, 0) is 17.1 Å². The zero-order valence-corrected chi connectivity index (χ0v) is 6.94. The van der Waals surface area contributed by atoms with Crippen molar-refractivity contribution in [1.29, 1.82) is 0 Å². The van der Waals surface area contributed by atoms with Gasteiger partial charge in [-0.3, -0.25) is 4.98 Å². The van der Waals surface area contributed by atoms with Crippen LogP contribution in [0, 0.1) is 10.1 Å². The second-order valence-corrected chi connectivity index (χ2v) is 2.46. The van der Waals surface area contributed by atoms with E-state index in [9.17, 15) is 10.1 Å². The molecule has 0 aliphatic heterocycles. The minimum atomic E-state index is -0.646. The molecule has 2 rings (SSSR count). The van der Waals surface area contributed by atoms with Crippen LogP contribution in [-0.2, 0) is 0 Å². The Bertz CT molecular complexity index is 452. The summed E-state index contributed by atoms with van der Waals surface area (Å²) in [4.78, 5) is 17.0. The molecule has 0 saturated carbocycles. The van der Waals surface area contributed by atoms with Gasteiger partial charge in [-0.1, -0.05) is 4.98 Å². The quantitative estimate of drug-likeness (QED) is 0.511. The van der Waals surface area contributed by atoms with Crippen molar-refractivity contribution < 1.29 is 4.92 Å². The fourth-order valence-corrected chi connectivity index (χ4v) is 0.952. The molecule has 7 heteroatoms. The molecule has 0 N–H and O–H groups in total. The van der Waals surface area contributed by atoms with E-state index in [1.165, 1.54) is 11.0 Å². The smallest absolute Gasteiger partial charge is 0.390 e. The van der Waals surface area contributed by atoms with E-state index >= 15 is 0 Å². The molecule has 2 aromatic rings. The van der Waals surface area contributed by atoms with Gasteiger partial charge in [0.2, 0.25) is 6.33 Å². The van der Waals surface area contributed by atoms with E-state index in [-0.39, 0.29) is 0 Å². The summed E-state index contributed by atoms with van der Waals surface area (Å²) in [5.74, 6) is -0.422. The van der Waals surface area contributed by atoms with Crippen LogP contribution in [-0.4, -0.2) is 24.7 Å². The molecule has 0 spiro atoms. The Morgan fingerprint density at radius 3 is 2.93 bits per heavy atom. The maximum Gasteiger partial charge on any atom is 0.491 e. The molecule has 0 amide bonds. The predicted octanol–water partition coefficient (Wildman–Crippen LogP) is 0.570. The van der Waals surface area contributed by atoms with Crippen molar-refractivity contribution in [2.24, 2.45) is 0 Å². The molecule has 7 nitrogen and oxygen atoms in total. The van der Waals surface area contributed by atoms with Crippen molar-refractivity contribution in [3.63, 3.8) is 0 Å². The highest BCUT2D eigenvalue weighted by molar-refractivity contribution is 5.26. The summed E-state index contributed by atoms with van der Waals surface area (Å²) in [5, 5.41) is 13.9. The largest absolute Gasteiger partial charge is 0.491 e. The van der Waals surface area contributed by atoms with Gasteiger partial charge in [-0.25, -0.2) is 0 Å². The zero-order chi connectivity index (χ0) is 9.97. The molecule has 0 unspecified atom stereocenters. The van der Waals surface area contributed by atoms with Crippen molar-refractivity contribution in [2.75, 3.05) is 0 Å². The average molecular weight is 191 g/mol. The molecular weight excluding hydrogens is 186 g/mol. The first-order chi connectivity index (χ1) is 6.77. The lowest BCUT2D eigenvalue weighted by Gasteiger charge is -1.92. The number of pyridine rings is 1. The molecule has 14 heavy (non-hydrogen) atoms. The van der Waals surface area contributed by atoms with Crippen LogP contribution in [0.15, 0.2) is 30.9 Å². The number of nitro groups is 1. The second-order valence-electron chi connectivity index (χ2n) is 2.46. The van der Waals surface area contributed by atoms with E-state index in [0.29, 0.717) is 5.69 Å². The van der Waals surface area contributed by atoms with Crippen LogP contribution in [0.1, 0.15) is 0 Å². The molecule has 2 heterocycles. The predicted molar refractivity (Wildman–Crippen MR) is 45.8 cm³/mol. The van der Waals surface area contributed by atoms with E-state index in [1.54, 1.807) is 24.5 Å². The van der Waals surface area contributed by atoms with Crippen LogP contribution in [0.4, 0.5) is 5.95 Å². The molecule has 0 bridgehead atoms. The number of nitrogens with zero attached hydrogens (tertiary/aromatic N) is 5. The highest BCUT2D eigenvalue weighted by atomic mass is 16.6. The lowest BCUT2D eigenvalue weighted by Crippen LogP contribution is -1.96. The van der Waals surface area contributed by atoms with Gasteiger partial charge >= 0.3 is 5.95 Å². The second kappa shape index (κ2) is 3.21. The topological polar surface area (TPSA) is 86.7 Å². The van der Waals surface area contributed by atoms with Crippen molar-refractivity contribution in [3.05, 3.63) is 41.0 Å². The molecule has 0 saturated heterocycles. The van der Waals surface area contributed by atoms with E-state index in [4.69, 9.17) is 0 Å². The lowest BCUT2D eigenvalue weighted by atomic mass is 10.4. The van der Waals surface area contributed by atoms with Gasteiger partial charge in [0, 0.05) is 11.3 Å². The van der Waals surface area contributed by atoms with Crippen molar-refractivity contribution in [2.45, 2.75) is 0 Å². The minimum Gasteiger partial charge on any atom is -0.390 e. The lowest BCUT2D eigenvalue weighted by molar-refractivity contribution is -0.394. The van der Waals surface area contributed by atoms with Crippen LogP contribution in [0.5, 0.6) is 0 Å². The SMILES string of the molecule is O=[N+]([O-])c1ncn(-c2cccnc2)n1. The van der Waals surface area contributed by atoms with Crippen molar-refractivity contribution in [3.8, 4) is 5.69 Å². The Morgan fingerprint density at radius 2 is 2.36 bits per heavy atom. The summed E-state index contributed by atoms with van der Waals surface area (Å²) in [5.41, 5.74) is 0.633. The summed E-state index contributed by atoms with van der Waals surface area (Å²) in [6.07, 6.45) is 4.42. The zero-order valence-electron chi connectivity index (χ0n) is 6.94. The monoisotopic (exact) mass is 191 g/mol. The highest BCUT2D eigenvalue weighted by Crippen LogP contribution is 2.06. The van der Waals surface area contributed by atoms with Crippen LogP contribution >= 0.6 is 0 Å². The van der Waals surface area contributed by atoms with Crippen molar-refractivity contribution >= 4 is 5.95 Å². The maximum absolute atomic E-state index is 10.3. The Balaban J connectivity index is 2.39. The normalized spacial score (nSPS) is 10.0. The molecule has 0 fully saturated rings. The molecule has 70 valence electrons.